The zero-order valence-corrected chi connectivity index (χ0v) is 10.2. The highest BCUT2D eigenvalue weighted by Crippen LogP contribution is 2.13. The lowest BCUT2D eigenvalue weighted by atomic mass is 10.2. The maximum Gasteiger partial charge on any atom is 0.173 e. The number of ether oxygens (including phenoxy) is 1. The van der Waals surface area contributed by atoms with Crippen LogP contribution in [0.1, 0.15) is 5.56 Å². The van der Waals surface area contributed by atoms with Gasteiger partial charge in [0.15, 0.2) is 9.84 Å². The Morgan fingerprint density at radius 1 is 1.35 bits per heavy atom. The smallest absolute Gasteiger partial charge is 0.173 e. The van der Waals surface area contributed by atoms with E-state index in [1.165, 1.54) is 5.41 Å². The molecule has 2 rings (SSSR count). The third-order valence-electron chi connectivity index (χ3n) is 2.44. The molecule has 0 saturated carbocycles. The molecule has 1 heterocycles. The molecular formula is C12H13NO3S. The molecule has 0 aliphatic carbocycles. The van der Waals surface area contributed by atoms with E-state index in [-0.39, 0.29) is 11.8 Å². The summed E-state index contributed by atoms with van der Waals surface area (Å²) in [6, 6.07) is 7.15. The summed E-state index contributed by atoms with van der Waals surface area (Å²) in [7, 11) is -1.42. The van der Waals surface area contributed by atoms with Gasteiger partial charge in [-0.15, -0.1) is 0 Å². The Bertz CT molecular complexity index is 544. The van der Waals surface area contributed by atoms with Gasteiger partial charge >= 0.3 is 0 Å². The molecule has 5 heteroatoms. The summed E-state index contributed by atoms with van der Waals surface area (Å²) in [4.78, 5) is 4.21. The Morgan fingerprint density at radius 3 is 2.59 bits per heavy atom. The Balaban J connectivity index is 2.04. The van der Waals surface area contributed by atoms with E-state index in [2.05, 4.69) is 4.99 Å². The summed E-state index contributed by atoms with van der Waals surface area (Å²) in [5.41, 5.74) is 0.920. The molecule has 0 unspecified atom stereocenters. The number of benzene rings is 1. The lowest BCUT2D eigenvalue weighted by molar-refractivity contribution is 0.415. The summed E-state index contributed by atoms with van der Waals surface area (Å²) >= 11 is 0. The van der Waals surface area contributed by atoms with Gasteiger partial charge in [-0.25, -0.2) is 8.42 Å². The van der Waals surface area contributed by atoms with Crippen LogP contribution in [0, 0.1) is 0 Å². The van der Waals surface area contributed by atoms with E-state index in [1.807, 2.05) is 24.3 Å². The van der Waals surface area contributed by atoms with Gasteiger partial charge in [-0.05, 0) is 35.9 Å². The third-order valence-corrected chi connectivity index (χ3v) is 3.82. The van der Waals surface area contributed by atoms with Crippen LogP contribution < -0.4 is 4.74 Å². The first-order valence-electron chi connectivity index (χ1n) is 5.17. The van der Waals surface area contributed by atoms with E-state index < -0.39 is 9.84 Å². The zero-order valence-electron chi connectivity index (χ0n) is 9.41. The van der Waals surface area contributed by atoms with Crippen molar-refractivity contribution in [2.75, 3.05) is 12.9 Å². The maximum absolute atomic E-state index is 11.2. The van der Waals surface area contributed by atoms with Crippen molar-refractivity contribution in [3.63, 3.8) is 0 Å². The van der Waals surface area contributed by atoms with Gasteiger partial charge in [0.25, 0.3) is 0 Å². The number of sulfone groups is 1. The molecule has 0 spiro atoms. The molecule has 0 N–H and O–H groups in total. The molecule has 1 aromatic rings. The molecule has 0 fully saturated rings. The van der Waals surface area contributed by atoms with Crippen LogP contribution in [0.15, 0.2) is 40.7 Å². The fraction of sp³-hybridized carbons (Fsp3) is 0.250. The molecule has 1 aliphatic heterocycles. The van der Waals surface area contributed by atoms with Gasteiger partial charge in [-0.2, -0.15) is 0 Å². The highest BCUT2D eigenvalue weighted by Gasteiger charge is 2.19. The van der Waals surface area contributed by atoms with Crippen molar-refractivity contribution in [1.82, 2.24) is 0 Å². The van der Waals surface area contributed by atoms with Gasteiger partial charge in [0, 0.05) is 11.6 Å². The van der Waals surface area contributed by atoms with Crippen LogP contribution in [0.3, 0.4) is 0 Å². The standard InChI is InChI=1S/C12H13NO3S/c1-16-12-4-2-10(3-5-12)8-13-11-6-7-17(14,15)9-11/h2-8,11H,9H2,1H3/t11-/m0/s1. The largest absolute Gasteiger partial charge is 0.497 e. The second-order valence-electron chi connectivity index (χ2n) is 3.78. The van der Waals surface area contributed by atoms with Crippen molar-refractivity contribution < 1.29 is 13.2 Å². The second-order valence-corrected chi connectivity index (χ2v) is 5.71. The van der Waals surface area contributed by atoms with E-state index in [0.29, 0.717) is 0 Å². The van der Waals surface area contributed by atoms with Crippen molar-refractivity contribution in [3.05, 3.63) is 41.3 Å². The normalized spacial score (nSPS) is 22.1. The zero-order chi connectivity index (χ0) is 12.3. The molecule has 0 bridgehead atoms. The molecule has 90 valence electrons. The SMILES string of the molecule is COc1ccc(C=N[C@H]2C=CS(=O)(=O)C2)cc1. The van der Waals surface area contributed by atoms with Crippen molar-refractivity contribution in [1.29, 1.82) is 0 Å². The molecule has 17 heavy (non-hydrogen) atoms. The van der Waals surface area contributed by atoms with Gasteiger partial charge in [-0.1, -0.05) is 0 Å². The molecule has 1 aromatic carbocycles. The highest BCUT2D eigenvalue weighted by atomic mass is 32.2. The quantitative estimate of drug-likeness (QED) is 0.763. The van der Waals surface area contributed by atoms with Crippen LogP contribution in [-0.4, -0.2) is 33.5 Å². The van der Waals surface area contributed by atoms with Crippen LogP contribution in [-0.2, 0) is 9.84 Å². The summed E-state index contributed by atoms with van der Waals surface area (Å²) in [6.07, 6.45) is 3.28. The number of rotatable bonds is 3. The lowest BCUT2D eigenvalue weighted by Gasteiger charge is -2.00. The topological polar surface area (TPSA) is 55.7 Å². The monoisotopic (exact) mass is 251 g/mol. The Kier molecular flexibility index (Phi) is 3.28. The summed E-state index contributed by atoms with van der Waals surface area (Å²) in [5.74, 6) is 0.852. The van der Waals surface area contributed by atoms with E-state index in [4.69, 9.17) is 4.74 Å². The summed E-state index contributed by atoms with van der Waals surface area (Å²) < 4.78 is 27.4. The molecular weight excluding hydrogens is 238 g/mol. The summed E-state index contributed by atoms with van der Waals surface area (Å²) in [6.45, 7) is 0. The minimum Gasteiger partial charge on any atom is -0.497 e. The van der Waals surface area contributed by atoms with Gasteiger partial charge in [0.05, 0.1) is 18.9 Å². The van der Waals surface area contributed by atoms with Gasteiger partial charge in [0.2, 0.25) is 0 Å². The molecule has 0 radical (unpaired) electrons. The van der Waals surface area contributed by atoms with Gasteiger partial charge < -0.3 is 4.74 Å². The number of methoxy groups -OCH3 is 1. The third kappa shape index (κ3) is 3.17. The van der Waals surface area contributed by atoms with Crippen LogP contribution in [0.25, 0.3) is 0 Å². The maximum atomic E-state index is 11.2. The predicted octanol–water partition coefficient (Wildman–Crippen LogP) is 1.42. The minimum atomic E-state index is -3.02. The van der Waals surface area contributed by atoms with Gasteiger partial charge in [0.1, 0.15) is 5.75 Å². The fourth-order valence-electron chi connectivity index (χ4n) is 1.52. The van der Waals surface area contributed by atoms with Crippen molar-refractivity contribution in [2.24, 2.45) is 4.99 Å². The van der Waals surface area contributed by atoms with E-state index in [0.717, 1.165) is 11.3 Å². The van der Waals surface area contributed by atoms with Crippen molar-refractivity contribution >= 4 is 16.1 Å². The predicted molar refractivity (Wildman–Crippen MR) is 67.3 cm³/mol. The average molecular weight is 251 g/mol. The number of hydrogen-bond acceptors (Lipinski definition) is 4. The molecule has 4 nitrogen and oxygen atoms in total. The molecule has 1 aliphatic rings. The Labute approximate surface area is 101 Å². The van der Waals surface area contributed by atoms with Gasteiger partial charge in [-0.3, -0.25) is 4.99 Å². The minimum absolute atomic E-state index is 0.0691. The molecule has 1 atom stereocenters. The lowest BCUT2D eigenvalue weighted by Crippen LogP contribution is -2.08. The summed E-state index contributed by atoms with van der Waals surface area (Å²) in [5, 5.41) is 1.23. The number of nitrogens with zero attached hydrogens (tertiary/aromatic N) is 1. The first-order valence-corrected chi connectivity index (χ1v) is 6.89. The highest BCUT2D eigenvalue weighted by molar-refractivity contribution is 7.94. The van der Waals surface area contributed by atoms with E-state index >= 15 is 0 Å². The van der Waals surface area contributed by atoms with Crippen LogP contribution in [0.2, 0.25) is 0 Å². The molecule has 0 saturated heterocycles. The molecule has 0 amide bonds. The first-order chi connectivity index (χ1) is 8.09. The number of hydrogen-bond donors (Lipinski definition) is 0. The Hall–Kier alpha value is -1.62. The van der Waals surface area contributed by atoms with Crippen molar-refractivity contribution in [2.45, 2.75) is 6.04 Å². The van der Waals surface area contributed by atoms with E-state index in [1.54, 1.807) is 19.4 Å². The van der Waals surface area contributed by atoms with Crippen LogP contribution >= 0.6 is 0 Å². The van der Waals surface area contributed by atoms with Crippen molar-refractivity contribution in [3.8, 4) is 5.75 Å². The second kappa shape index (κ2) is 4.71. The number of aliphatic imine (C=N–C) groups is 1. The Morgan fingerprint density at radius 2 is 2.06 bits per heavy atom. The first kappa shape index (κ1) is 11.9. The van der Waals surface area contributed by atoms with Crippen LogP contribution in [0.5, 0.6) is 5.75 Å². The van der Waals surface area contributed by atoms with E-state index in [9.17, 15) is 8.42 Å². The molecule has 0 aromatic heterocycles. The van der Waals surface area contributed by atoms with Crippen LogP contribution in [0.4, 0.5) is 0 Å². The average Bonchev–Trinajstić information content (AvgIpc) is 2.67. The fourth-order valence-corrected chi connectivity index (χ4v) is 2.73.